The number of nitrogens with one attached hydrogen (secondary N) is 1. The molecule has 0 aromatic carbocycles. The van der Waals surface area contributed by atoms with Gasteiger partial charge in [0.2, 0.25) is 5.91 Å². The molecular weight excluding hydrogens is 558 g/mol. The molecule has 6 nitrogen and oxygen atoms in total. The molecule has 3 aliphatic rings. The zero-order chi connectivity index (χ0) is 32.3. The van der Waals surface area contributed by atoms with Crippen molar-refractivity contribution in [2.75, 3.05) is 0 Å². The normalized spacial score (nSPS) is 28.4. The summed E-state index contributed by atoms with van der Waals surface area (Å²) in [5.74, 6) is 13.8. The predicted octanol–water partition coefficient (Wildman–Crippen LogP) is 8.39. The number of carbonyl (C=O) groups is 2. The minimum Gasteiger partial charge on any atom is -0.441 e. The molecule has 0 bridgehead atoms. The van der Waals surface area contributed by atoms with E-state index in [9.17, 15) is 20.1 Å². The SMILES string of the molecule is C=CC(=O)NC(CCCCCCCCCC)OC(=O)C1CC(C#CC2CCC(C#N)CC2)CCC1C#CC1CCC(C#N)CC1. The van der Waals surface area contributed by atoms with Crippen LogP contribution in [0.1, 0.15) is 135 Å². The molecule has 0 spiro atoms. The molecule has 3 rings (SSSR count). The van der Waals surface area contributed by atoms with Gasteiger partial charge in [0.25, 0.3) is 0 Å². The Morgan fingerprint density at radius 1 is 0.733 bits per heavy atom. The topological polar surface area (TPSA) is 103 Å². The van der Waals surface area contributed by atoms with Crippen molar-refractivity contribution in [1.29, 1.82) is 10.5 Å². The highest BCUT2D eigenvalue weighted by molar-refractivity contribution is 5.87. The van der Waals surface area contributed by atoms with E-state index in [4.69, 9.17) is 4.74 Å². The molecule has 4 atom stereocenters. The van der Waals surface area contributed by atoms with Gasteiger partial charge in [-0.3, -0.25) is 9.59 Å². The molecule has 6 heteroatoms. The van der Waals surface area contributed by atoms with Gasteiger partial charge in [-0.1, -0.05) is 82.1 Å². The van der Waals surface area contributed by atoms with Crippen LogP contribution in [0.25, 0.3) is 0 Å². The van der Waals surface area contributed by atoms with E-state index in [0.717, 1.165) is 83.5 Å². The molecule has 0 radical (unpaired) electrons. The fourth-order valence-corrected chi connectivity index (χ4v) is 7.00. The second kappa shape index (κ2) is 20.7. The Morgan fingerprint density at radius 3 is 1.78 bits per heavy atom. The molecule has 0 heterocycles. The predicted molar refractivity (Wildman–Crippen MR) is 177 cm³/mol. The highest BCUT2D eigenvalue weighted by Gasteiger charge is 2.36. The summed E-state index contributed by atoms with van der Waals surface area (Å²) in [6.45, 7) is 5.80. The van der Waals surface area contributed by atoms with Crippen LogP contribution >= 0.6 is 0 Å². The first-order chi connectivity index (χ1) is 21.9. The molecule has 0 aliphatic heterocycles. The molecule has 0 saturated heterocycles. The number of esters is 1. The molecule has 3 aliphatic carbocycles. The van der Waals surface area contributed by atoms with Crippen LogP contribution in [-0.2, 0) is 14.3 Å². The summed E-state index contributed by atoms with van der Waals surface area (Å²) < 4.78 is 6.04. The highest BCUT2D eigenvalue weighted by atomic mass is 16.6. The summed E-state index contributed by atoms with van der Waals surface area (Å²) in [4.78, 5) is 26.0. The van der Waals surface area contributed by atoms with Crippen molar-refractivity contribution in [2.24, 2.45) is 41.4 Å². The quantitative estimate of drug-likeness (QED) is 0.0739. The van der Waals surface area contributed by atoms with Gasteiger partial charge in [-0.25, -0.2) is 0 Å². The molecule has 3 fully saturated rings. The zero-order valence-corrected chi connectivity index (χ0v) is 27.7. The number of amides is 1. The van der Waals surface area contributed by atoms with E-state index >= 15 is 0 Å². The van der Waals surface area contributed by atoms with Crippen molar-refractivity contribution in [3.05, 3.63) is 12.7 Å². The van der Waals surface area contributed by atoms with E-state index in [0.29, 0.717) is 18.8 Å². The number of carbonyl (C=O) groups excluding carboxylic acids is 2. The number of rotatable bonds is 13. The van der Waals surface area contributed by atoms with Crippen molar-refractivity contribution >= 4 is 11.9 Å². The van der Waals surface area contributed by atoms with E-state index in [2.05, 4.69) is 54.6 Å². The van der Waals surface area contributed by atoms with E-state index < -0.39 is 12.1 Å². The lowest BCUT2D eigenvalue weighted by atomic mass is 9.73. The maximum Gasteiger partial charge on any atom is 0.312 e. The summed E-state index contributed by atoms with van der Waals surface area (Å²) in [7, 11) is 0. The first-order valence-electron chi connectivity index (χ1n) is 17.9. The largest absolute Gasteiger partial charge is 0.441 e. The average Bonchev–Trinajstić information content (AvgIpc) is 3.07. The average molecular weight is 614 g/mol. The van der Waals surface area contributed by atoms with Crippen LogP contribution in [0, 0.1) is 87.8 Å². The summed E-state index contributed by atoms with van der Waals surface area (Å²) in [5.41, 5.74) is 0. The van der Waals surface area contributed by atoms with Crippen LogP contribution < -0.4 is 5.32 Å². The number of nitriles is 2. The lowest BCUT2D eigenvalue weighted by Crippen LogP contribution is -2.41. The molecule has 244 valence electrons. The molecule has 4 unspecified atom stereocenters. The summed E-state index contributed by atoms with van der Waals surface area (Å²) in [5, 5.41) is 21.3. The van der Waals surface area contributed by atoms with Gasteiger partial charge in [0.1, 0.15) is 0 Å². The van der Waals surface area contributed by atoms with Gasteiger partial charge in [0.15, 0.2) is 6.23 Å². The number of ether oxygens (including phenoxy) is 1. The van der Waals surface area contributed by atoms with E-state index in [1.165, 1.54) is 38.2 Å². The van der Waals surface area contributed by atoms with Gasteiger partial charge < -0.3 is 10.1 Å². The fourth-order valence-electron chi connectivity index (χ4n) is 7.00. The number of nitrogens with zero attached hydrogens (tertiary/aromatic N) is 2. The van der Waals surface area contributed by atoms with Crippen molar-refractivity contribution in [3.63, 3.8) is 0 Å². The van der Waals surface area contributed by atoms with Gasteiger partial charge in [-0.2, -0.15) is 10.5 Å². The van der Waals surface area contributed by atoms with Crippen molar-refractivity contribution in [2.45, 2.75) is 142 Å². The third-order valence-corrected chi connectivity index (χ3v) is 10.0. The molecule has 3 saturated carbocycles. The smallest absolute Gasteiger partial charge is 0.312 e. The highest BCUT2D eigenvalue weighted by Crippen LogP contribution is 2.36. The second-order valence-electron chi connectivity index (χ2n) is 13.6. The Bertz CT molecular complexity index is 1140. The van der Waals surface area contributed by atoms with Crippen LogP contribution in [0.15, 0.2) is 12.7 Å². The first kappa shape index (κ1) is 36.3. The Labute approximate surface area is 273 Å². The third-order valence-electron chi connectivity index (χ3n) is 10.0. The fraction of sp³-hybridized carbons (Fsp3) is 0.744. The minimum absolute atomic E-state index is 0.103. The van der Waals surface area contributed by atoms with Gasteiger partial charge in [-0.05, 0) is 83.1 Å². The Hall–Kier alpha value is -3.22. The summed E-state index contributed by atoms with van der Waals surface area (Å²) >= 11 is 0. The molecule has 0 aromatic rings. The van der Waals surface area contributed by atoms with Crippen LogP contribution in [0.3, 0.4) is 0 Å². The van der Waals surface area contributed by atoms with E-state index in [1.807, 2.05) is 0 Å². The Morgan fingerprint density at radius 2 is 1.22 bits per heavy atom. The lowest BCUT2D eigenvalue weighted by Gasteiger charge is -2.32. The Kier molecular flexibility index (Phi) is 16.7. The van der Waals surface area contributed by atoms with Gasteiger partial charge >= 0.3 is 5.97 Å². The van der Waals surface area contributed by atoms with E-state index in [1.54, 1.807) is 0 Å². The summed E-state index contributed by atoms with van der Waals surface area (Å²) in [6, 6.07) is 4.79. The van der Waals surface area contributed by atoms with Crippen molar-refractivity contribution < 1.29 is 14.3 Å². The molecule has 45 heavy (non-hydrogen) atoms. The standard InChI is InChI=1S/C39H55N3O3/c1-3-5-6-7-8-9-10-11-12-38(42-37(43)4-2)45-39(44)36-27-32(18-13-30-14-19-33(28-40)20-15-30)24-26-35(36)25-23-31-16-21-34(29-41)22-17-31/h4,30-36,38H,2-3,5-12,14-17,19-22,24,26-27H2,1H3,(H,42,43). The van der Waals surface area contributed by atoms with Crippen molar-refractivity contribution in [1.82, 2.24) is 5.32 Å². The minimum atomic E-state index is -0.681. The van der Waals surface area contributed by atoms with Crippen LogP contribution in [-0.4, -0.2) is 18.1 Å². The van der Waals surface area contributed by atoms with Crippen LogP contribution in [0.4, 0.5) is 0 Å². The van der Waals surface area contributed by atoms with Crippen LogP contribution in [0.5, 0.6) is 0 Å². The van der Waals surface area contributed by atoms with Gasteiger partial charge in [-0.15, -0.1) is 0 Å². The van der Waals surface area contributed by atoms with Crippen LogP contribution in [0.2, 0.25) is 0 Å². The number of hydrogen-bond donors (Lipinski definition) is 1. The third kappa shape index (κ3) is 13.3. The maximum atomic E-state index is 13.8. The number of hydrogen-bond acceptors (Lipinski definition) is 5. The molecule has 0 aromatic heterocycles. The number of unbranched alkanes of at least 4 members (excludes halogenated alkanes) is 7. The second-order valence-corrected chi connectivity index (χ2v) is 13.6. The lowest BCUT2D eigenvalue weighted by molar-refractivity contribution is -0.159. The van der Waals surface area contributed by atoms with E-state index in [-0.39, 0.29) is 41.5 Å². The molecule has 1 amide bonds. The van der Waals surface area contributed by atoms with Crippen molar-refractivity contribution in [3.8, 4) is 35.8 Å². The first-order valence-corrected chi connectivity index (χ1v) is 17.9. The van der Waals surface area contributed by atoms with Gasteiger partial charge in [0.05, 0.1) is 18.1 Å². The molecule has 1 N–H and O–H groups in total. The van der Waals surface area contributed by atoms with Gasteiger partial charge in [0, 0.05) is 41.9 Å². The summed E-state index contributed by atoms with van der Waals surface area (Å²) in [6.07, 6.45) is 20.2. The zero-order valence-electron chi connectivity index (χ0n) is 27.7. The monoisotopic (exact) mass is 613 g/mol. The Balaban J connectivity index is 1.64. The maximum absolute atomic E-state index is 13.8. The molecular formula is C39H55N3O3.